The van der Waals surface area contributed by atoms with Crippen LogP contribution in [0.4, 0.5) is 0 Å². The first-order valence-electron chi connectivity index (χ1n) is 7.03. The first-order chi connectivity index (χ1) is 8.65. The summed E-state index contributed by atoms with van der Waals surface area (Å²) in [7, 11) is 3.59. The molecule has 1 aliphatic carbocycles. The fourth-order valence-corrected chi connectivity index (χ4v) is 3.33. The van der Waals surface area contributed by atoms with Gasteiger partial charge in [-0.3, -0.25) is 4.79 Å². The number of ether oxygens (including phenoxy) is 1. The Kier molecular flexibility index (Phi) is 7.91. The van der Waals surface area contributed by atoms with E-state index in [9.17, 15) is 4.79 Å². The number of rotatable bonds is 5. The average Bonchev–Trinajstić information content (AvgIpc) is 2.27. The van der Waals surface area contributed by atoms with E-state index in [1.165, 1.54) is 32.1 Å². The van der Waals surface area contributed by atoms with E-state index in [1.54, 1.807) is 7.11 Å². The van der Waals surface area contributed by atoms with Crippen molar-refractivity contribution in [3.63, 3.8) is 0 Å². The Balaban J connectivity index is 2.40. The Hall–Kier alpha value is -0.0900. The van der Waals surface area contributed by atoms with Crippen molar-refractivity contribution in [1.29, 1.82) is 0 Å². The van der Waals surface area contributed by atoms with E-state index in [0.717, 1.165) is 19.4 Å². The Morgan fingerprint density at radius 3 is 2.39 bits per heavy atom. The fourth-order valence-electron chi connectivity index (χ4n) is 2.64. The number of carbonyl (C=O) groups excluding carboxylic acids is 1. The molecule has 3 nitrogen and oxygen atoms in total. The number of nitrogens with zero attached hydrogens (tertiary/aromatic N) is 1. The quantitative estimate of drug-likeness (QED) is 0.728. The molecule has 4 heteroatoms. The molecule has 18 heavy (non-hydrogen) atoms. The summed E-state index contributed by atoms with van der Waals surface area (Å²) in [6.07, 6.45) is 8.48. The van der Waals surface area contributed by atoms with E-state index in [1.807, 2.05) is 11.9 Å². The highest BCUT2D eigenvalue weighted by molar-refractivity contribution is 9.09. The zero-order chi connectivity index (χ0) is 13.4. The molecule has 0 aromatic heterocycles. The largest absolute Gasteiger partial charge is 0.383 e. The minimum Gasteiger partial charge on any atom is -0.383 e. The minimum atomic E-state index is 0.227. The molecule has 1 amide bonds. The number of amides is 1. The van der Waals surface area contributed by atoms with E-state index in [2.05, 4.69) is 15.9 Å². The molecule has 0 saturated heterocycles. The predicted octanol–water partition coefficient (Wildman–Crippen LogP) is 3.22. The van der Waals surface area contributed by atoms with Crippen LogP contribution in [0.3, 0.4) is 0 Å². The molecule has 1 rings (SSSR count). The molecule has 0 radical (unpaired) electrons. The standard InChI is InChI=1S/C14H26BrNO2/c1-16(10-13(15)11-18-2)14(17)12-8-6-4-3-5-7-9-12/h12-13H,3-11H2,1-2H3. The first-order valence-corrected chi connectivity index (χ1v) is 7.94. The van der Waals surface area contributed by atoms with Crippen LogP contribution in [0.15, 0.2) is 0 Å². The summed E-state index contributed by atoms with van der Waals surface area (Å²) >= 11 is 3.54. The van der Waals surface area contributed by atoms with Gasteiger partial charge in [0.05, 0.1) is 11.4 Å². The SMILES string of the molecule is COCC(Br)CN(C)C(=O)C1CCCCCCC1. The van der Waals surface area contributed by atoms with Crippen LogP contribution in [0.5, 0.6) is 0 Å². The Labute approximate surface area is 119 Å². The number of carbonyl (C=O) groups is 1. The molecule has 0 bridgehead atoms. The van der Waals surface area contributed by atoms with Gasteiger partial charge in [-0.25, -0.2) is 0 Å². The van der Waals surface area contributed by atoms with Crippen molar-refractivity contribution in [3.8, 4) is 0 Å². The maximum Gasteiger partial charge on any atom is 0.225 e. The van der Waals surface area contributed by atoms with E-state index >= 15 is 0 Å². The second kappa shape index (κ2) is 8.92. The number of halogens is 1. The summed E-state index contributed by atoms with van der Waals surface area (Å²) in [6.45, 7) is 1.37. The van der Waals surface area contributed by atoms with Gasteiger partial charge in [0.15, 0.2) is 0 Å². The second-order valence-electron chi connectivity index (χ2n) is 5.31. The maximum atomic E-state index is 12.4. The zero-order valence-corrected chi connectivity index (χ0v) is 13.2. The van der Waals surface area contributed by atoms with E-state index in [4.69, 9.17) is 4.74 Å². The third kappa shape index (κ3) is 5.70. The van der Waals surface area contributed by atoms with Gasteiger partial charge in [0.2, 0.25) is 5.91 Å². The number of alkyl halides is 1. The lowest BCUT2D eigenvalue weighted by molar-refractivity contribution is -0.134. The van der Waals surface area contributed by atoms with Crippen molar-refractivity contribution in [2.24, 2.45) is 5.92 Å². The summed E-state index contributed by atoms with van der Waals surface area (Å²) < 4.78 is 5.08. The molecule has 0 aromatic rings. The monoisotopic (exact) mass is 319 g/mol. The zero-order valence-electron chi connectivity index (χ0n) is 11.7. The maximum absolute atomic E-state index is 12.4. The number of hydrogen-bond donors (Lipinski definition) is 0. The van der Waals surface area contributed by atoms with Crippen LogP contribution in [0.1, 0.15) is 44.9 Å². The van der Waals surface area contributed by atoms with Gasteiger partial charge in [-0.2, -0.15) is 0 Å². The van der Waals surface area contributed by atoms with Crippen molar-refractivity contribution in [2.45, 2.75) is 49.8 Å². The molecule has 0 spiro atoms. The van der Waals surface area contributed by atoms with Crippen molar-refractivity contribution in [3.05, 3.63) is 0 Å². The van der Waals surface area contributed by atoms with E-state index in [0.29, 0.717) is 12.5 Å². The average molecular weight is 320 g/mol. The van der Waals surface area contributed by atoms with Crippen molar-refractivity contribution in [2.75, 3.05) is 27.3 Å². The third-order valence-electron chi connectivity index (χ3n) is 3.65. The van der Waals surface area contributed by atoms with Gasteiger partial charge in [-0.15, -0.1) is 0 Å². The van der Waals surface area contributed by atoms with Crippen LogP contribution in [0.25, 0.3) is 0 Å². The first kappa shape index (κ1) is 16.0. The lowest BCUT2D eigenvalue weighted by Crippen LogP contribution is -2.38. The Bertz CT molecular complexity index is 240. The van der Waals surface area contributed by atoms with E-state index < -0.39 is 0 Å². The van der Waals surface area contributed by atoms with Crippen LogP contribution >= 0.6 is 15.9 Å². The number of methoxy groups -OCH3 is 1. The fraction of sp³-hybridized carbons (Fsp3) is 0.929. The highest BCUT2D eigenvalue weighted by Crippen LogP contribution is 2.24. The molecule has 1 unspecified atom stereocenters. The summed E-state index contributed by atoms with van der Waals surface area (Å²) in [6, 6.07) is 0. The van der Waals surface area contributed by atoms with Gasteiger partial charge in [0.25, 0.3) is 0 Å². The Morgan fingerprint density at radius 2 is 1.83 bits per heavy atom. The van der Waals surface area contributed by atoms with Crippen LogP contribution in [-0.2, 0) is 9.53 Å². The lowest BCUT2D eigenvalue weighted by atomic mass is 9.90. The predicted molar refractivity (Wildman–Crippen MR) is 78.0 cm³/mol. The molecule has 1 aliphatic rings. The minimum absolute atomic E-state index is 0.227. The van der Waals surface area contributed by atoms with Crippen molar-refractivity contribution >= 4 is 21.8 Å². The topological polar surface area (TPSA) is 29.5 Å². The van der Waals surface area contributed by atoms with Crippen LogP contribution in [0, 0.1) is 5.92 Å². The molecule has 1 saturated carbocycles. The van der Waals surface area contributed by atoms with Gasteiger partial charge in [0.1, 0.15) is 0 Å². The molecule has 0 N–H and O–H groups in total. The summed E-state index contributed by atoms with van der Waals surface area (Å²) in [5, 5.41) is 0. The molecular formula is C14H26BrNO2. The lowest BCUT2D eigenvalue weighted by Gasteiger charge is -2.26. The highest BCUT2D eigenvalue weighted by Gasteiger charge is 2.23. The highest BCUT2D eigenvalue weighted by atomic mass is 79.9. The summed E-state index contributed by atoms with van der Waals surface area (Å²) in [5.41, 5.74) is 0. The smallest absolute Gasteiger partial charge is 0.225 e. The molecule has 1 atom stereocenters. The Morgan fingerprint density at radius 1 is 1.28 bits per heavy atom. The second-order valence-corrected chi connectivity index (χ2v) is 6.61. The van der Waals surface area contributed by atoms with Gasteiger partial charge in [-0.1, -0.05) is 48.0 Å². The molecule has 0 aromatic carbocycles. The van der Waals surface area contributed by atoms with Crippen LogP contribution in [0.2, 0.25) is 0 Å². The van der Waals surface area contributed by atoms with Gasteiger partial charge < -0.3 is 9.64 Å². The molecule has 0 heterocycles. The molecular weight excluding hydrogens is 294 g/mol. The molecule has 106 valence electrons. The van der Waals surface area contributed by atoms with Crippen molar-refractivity contribution in [1.82, 2.24) is 4.90 Å². The third-order valence-corrected chi connectivity index (χ3v) is 4.20. The number of hydrogen-bond acceptors (Lipinski definition) is 2. The normalized spacial score (nSPS) is 19.9. The van der Waals surface area contributed by atoms with Gasteiger partial charge >= 0.3 is 0 Å². The molecule has 1 fully saturated rings. The van der Waals surface area contributed by atoms with E-state index in [-0.39, 0.29) is 10.7 Å². The van der Waals surface area contributed by atoms with Crippen LogP contribution in [-0.4, -0.2) is 42.9 Å². The van der Waals surface area contributed by atoms with Gasteiger partial charge in [0, 0.05) is 26.6 Å². The van der Waals surface area contributed by atoms with Crippen LogP contribution < -0.4 is 0 Å². The summed E-state index contributed by atoms with van der Waals surface area (Å²) in [4.78, 5) is 14.5. The van der Waals surface area contributed by atoms with Crippen molar-refractivity contribution < 1.29 is 9.53 Å². The summed E-state index contributed by atoms with van der Waals surface area (Å²) in [5.74, 6) is 0.565. The molecule has 0 aliphatic heterocycles. The van der Waals surface area contributed by atoms with Gasteiger partial charge in [-0.05, 0) is 12.8 Å².